The number of anilines is 1. The maximum Gasteiger partial charge on any atom is 0.271 e. The summed E-state index contributed by atoms with van der Waals surface area (Å²) in [5, 5.41) is 5.49. The molecule has 8 heteroatoms. The standard InChI is InChI=1S/C15H15N3O3S2/c1-9-4-10(2)6-13(5-9)18-23(19,20)14-7-12(8-22-14)15-16-11(3)21-17-15/h4-8,18H,1-3H3. The second-order valence-corrected chi connectivity index (χ2v) is 8.09. The van der Waals surface area contributed by atoms with Gasteiger partial charge in [-0.2, -0.15) is 4.98 Å². The fourth-order valence-corrected chi connectivity index (χ4v) is 4.43. The van der Waals surface area contributed by atoms with Crippen LogP contribution in [0.4, 0.5) is 5.69 Å². The van der Waals surface area contributed by atoms with E-state index in [2.05, 4.69) is 14.9 Å². The average molecular weight is 349 g/mol. The molecule has 2 aromatic heterocycles. The van der Waals surface area contributed by atoms with Crippen molar-refractivity contribution in [1.82, 2.24) is 10.1 Å². The molecule has 23 heavy (non-hydrogen) atoms. The van der Waals surface area contributed by atoms with E-state index in [1.54, 1.807) is 30.5 Å². The molecule has 0 unspecified atom stereocenters. The van der Waals surface area contributed by atoms with Crippen LogP contribution in [0, 0.1) is 20.8 Å². The minimum atomic E-state index is -3.64. The molecule has 0 spiro atoms. The Hall–Kier alpha value is -2.19. The third-order valence-electron chi connectivity index (χ3n) is 3.10. The molecule has 1 aromatic carbocycles. The van der Waals surface area contributed by atoms with Crippen LogP contribution < -0.4 is 4.72 Å². The van der Waals surface area contributed by atoms with E-state index < -0.39 is 10.0 Å². The van der Waals surface area contributed by atoms with E-state index in [0.717, 1.165) is 22.5 Å². The lowest BCUT2D eigenvalue weighted by molar-refractivity contribution is 0.394. The molecule has 3 rings (SSSR count). The maximum atomic E-state index is 12.5. The lowest BCUT2D eigenvalue weighted by atomic mass is 10.1. The van der Waals surface area contributed by atoms with Crippen LogP contribution in [0.1, 0.15) is 17.0 Å². The van der Waals surface area contributed by atoms with Crippen LogP contribution in [0.2, 0.25) is 0 Å². The summed E-state index contributed by atoms with van der Waals surface area (Å²) < 4.78 is 32.7. The van der Waals surface area contributed by atoms with Crippen molar-refractivity contribution in [2.24, 2.45) is 0 Å². The largest absolute Gasteiger partial charge is 0.339 e. The topological polar surface area (TPSA) is 85.1 Å². The van der Waals surface area contributed by atoms with Crippen molar-refractivity contribution in [2.75, 3.05) is 4.72 Å². The van der Waals surface area contributed by atoms with Crippen LogP contribution in [-0.2, 0) is 10.0 Å². The van der Waals surface area contributed by atoms with Crippen LogP contribution in [0.25, 0.3) is 11.4 Å². The number of hydrogen-bond donors (Lipinski definition) is 1. The molecule has 120 valence electrons. The zero-order valence-corrected chi connectivity index (χ0v) is 14.5. The summed E-state index contributed by atoms with van der Waals surface area (Å²) in [7, 11) is -3.64. The number of aromatic nitrogens is 2. The van der Waals surface area contributed by atoms with Gasteiger partial charge in [-0.15, -0.1) is 11.3 Å². The Kier molecular flexibility index (Phi) is 3.95. The molecule has 0 amide bonds. The number of nitrogens with one attached hydrogen (secondary N) is 1. The van der Waals surface area contributed by atoms with E-state index in [-0.39, 0.29) is 4.21 Å². The Bertz CT molecular complexity index is 938. The quantitative estimate of drug-likeness (QED) is 0.779. The third-order valence-corrected chi connectivity index (χ3v) is 5.92. The van der Waals surface area contributed by atoms with E-state index in [0.29, 0.717) is 23.0 Å². The molecule has 0 aliphatic carbocycles. The van der Waals surface area contributed by atoms with Crippen molar-refractivity contribution in [3.63, 3.8) is 0 Å². The summed E-state index contributed by atoms with van der Waals surface area (Å²) in [5.74, 6) is 0.815. The van der Waals surface area contributed by atoms with E-state index in [1.165, 1.54) is 0 Å². The Morgan fingerprint density at radius 2 is 1.78 bits per heavy atom. The fraction of sp³-hybridized carbons (Fsp3) is 0.200. The van der Waals surface area contributed by atoms with E-state index >= 15 is 0 Å². The smallest absolute Gasteiger partial charge is 0.271 e. The van der Waals surface area contributed by atoms with Crippen molar-refractivity contribution in [1.29, 1.82) is 0 Å². The van der Waals surface area contributed by atoms with Gasteiger partial charge in [0.1, 0.15) is 4.21 Å². The Morgan fingerprint density at radius 3 is 2.39 bits per heavy atom. The Balaban J connectivity index is 1.89. The van der Waals surface area contributed by atoms with Crippen molar-refractivity contribution in [3.05, 3.63) is 46.7 Å². The van der Waals surface area contributed by atoms with Crippen molar-refractivity contribution < 1.29 is 12.9 Å². The molecule has 0 aliphatic heterocycles. The number of nitrogens with zero attached hydrogens (tertiary/aromatic N) is 2. The van der Waals surface area contributed by atoms with E-state index in [9.17, 15) is 8.42 Å². The zero-order valence-electron chi connectivity index (χ0n) is 12.8. The number of thiophene rings is 1. The van der Waals surface area contributed by atoms with Crippen LogP contribution >= 0.6 is 11.3 Å². The number of aryl methyl sites for hydroxylation is 3. The van der Waals surface area contributed by atoms with Crippen LogP contribution in [0.5, 0.6) is 0 Å². The average Bonchev–Trinajstić information content (AvgIpc) is 3.05. The summed E-state index contributed by atoms with van der Waals surface area (Å²) in [5.41, 5.74) is 3.16. The summed E-state index contributed by atoms with van der Waals surface area (Å²) >= 11 is 1.12. The van der Waals surface area contributed by atoms with Crippen molar-refractivity contribution >= 4 is 27.0 Å². The third kappa shape index (κ3) is 3.43. The molecule has 0 bridgehead atoms. The first-order chi connectivity index (χ1) is 10.8. The van der Waals surface area contributed by atoms with Crippen LogP contribution in [-0.4, -0.2) is 18.6 Å². The highest BCUT2D eigenvalue weighted by Crippen LogP contribution is 2.28. The first-order valence-corrected chi connectivity index (χ1v) is 9.20. The van der Waals surface area contributed by atoms with Crippen molar-refractivity contribution in [3.8, 4) is 11.4 Å². The summed E-state index contributed by atoms with van der Waals surface area (Å²) in [6, 6.07) is 7.11. The van der Waals surface area contributed by atoms with Gasteiger partial charge in [0, 0.05) is 23.6 Å². The van der Waals surface area contributed by atoms with Crippen molar-refractivity contribution in [2.45, 2.75) is 25.0 Å². The summed E-state index contributed by atoms with van der Waals surface area (Å²) in [4.78, 5) is 4.10. The molecular formula is C15H15N3O3S2. The normalized spacial score (nSPS) is 11.6. The minimum Gasteiger partial charge on any atom is -0.339 e. The first-order valence-electron chi connectivity index (χ1n) is 6.84. The monoisotopic (exact) mass is 349 g/mol. The highest BCUT2D eigenvalue weighted by Gasteiger charge is 2.19. The highest BCUT2D eigenvalue weighted by atomic mass is 32.2. The van der Waals surface area contributed by atoms with Crippen LogP contribution in [0.15, 0.2) is 38.4 Å². The molecule has 0 radical (unpaired) electrons. The second kappa shape index (κ2) is 5.78. The molecule has 0 saturated heterocycles. The number of sulfonamides is 1. The fourth-order valence-electron chi connectivity index (χ4n) is 2.23. The molecule has 6 nitrogen and oxygen atoms in total. The number of benzene rings is 1. The lowest BCUT2D eigenvalue weighted by Crippen LogP contribution is -2.11. The van der Waals surface area contributed by atoms with Gasteiger partial charge in [0.25, 0.3) is 10.0 Å². The minimum absolute atomic E-state index is 0.203. The summed E-state index contributed by atoms with van der Waals surface area (Å²) in [6.07, 6.45) is 0. The molecule has 0 aliphatic rings. The zero-order chi connectivity index (χ0) is 16.6. The molecule has 0 saturated carbocycles. The first kappa shape index (κ1) is 15.7. The van der Waals surface area contributed by atoms with Gasteiger partial charge >= 0.3 is 0 Å². The molecule has 0 atom stereocenters. The van der Waals surface area contributed by atoms with Gasteiger partial charge in [-0.05, 0) is 43.2 Å². The van der Waals surface area contributed by atoms with Crippen LogP contribution in [0.3, 0.4) is 0 Å². The van der Waals surface area contributed by atoms with Gasteiger partial charge in [-0.3, -0.25) is 4.72 Å². The predicted octanol–water partition coefficient (Wildman–Crippen LogP) is 3.52. The van der Waals surface area contributed by atoms with Gasteiger partial charge in [-0.1, -0.05) is 11.2 Å². The number of rotatable bonds is 4. The van der Waals surface area contributed by atoms with Gasteiger partial charge in [0.15, 0.2) is 0 Å². The van der Waals surface area contributed by atoms with E-state index in [1.807, 2.05) is 19.9 Å². The molecule has 1 N–H and O–H groups in total. The molecule has 0 fully saturated rings. The Labute approximate surface area is 138 Å². The van der Waals surface area contributed by atoms with Gasteiger partial charge < -0.3 is 4.52 Å². The van der Waals surface area contributed by atoms with E-state index in [4.69, 9.17) is 4.52 Å². The molecule has 2 heterocycles. The molecule has 3 aromatic rings. The Morgan fingerprint density at radius 1 is 1.09 bits per heavy atom. The lowest BCUT2D eigenvalue weighted by Gasteiger charge is -2.08. The SMILES string of the molecule is Cc1cc(C)cc(NS(=O)(=O)c2cc(-c3noc(C)n3)cs2)c1. The maximum absolute atomic E-state index is 12.5. The second-order valence-electron chi connectivity index (χ2n) is 5.27. The predicted molar refractivity (Wildman–Crippen MR) is 89.1 cm³/mol. The van der Waals surface area contributed by atoms with Gasteiger partial charge in [-0.25, -0.2) is 8.42 Å². The summed E-state index contributed by atoms with van der Waals surface area (Å²) in [6.45, 7) is 5.53. The highest BCUT2D eigenvalue weighted by molar-refractivity contribution is 7.94. The number of hydrogen-bond acceptors (Lipinski definition) is 6. The molecular weight excluding hydrogens is 334 g/mol. The van der Waals surface area contributed by atoms with Gasteiger partial charge in [0.05, 0.1) is 0 Å². The van der Waals surface area contributed by atoms with Gasteiger partial charge in [0.2, 0.25) is 11.7 Å².